The average molecular weight is 300 g/mol. The number of ether oxygens (including phenoxy) is 1. The van der Waals surface area contributed by atoms with Gasteiger partial charge in [0.2, 0.25) is 0 Å². The number of furan rings is 1. The number of nitrogens with zero attached hydrogens (tertiary/aromatic N) is 1. The molecular formula is C17H20N2O3. The van der Waals surface area contributed by atoms with Crippen LogP contribution in [-0.2, 0) is 4.74 Å². The number of hydrogen-bond acceptors (Lipinski definition) is 4. The van der Waals surface area contributed by atoms with E-state index in [2.05, 4.69) is 0 Å². The smallest absolute Gasteiger partial charge is 0.289 e. The van der Waals surface area contributed by atoms with Crippen LogP contribution in [0, 0.1) is 0 Å². The highest BCUT2D eigenvalue weighted by molar-refractivity contribution is 5.92. The minimum absolute atomic E-state index is 0.0410. The third-order valence-electron chi connectivity index (χ3n) is 3.72. The SMILES string of the molecule is C[C@@H]1CN(C(=O)c2ccc(-c3ccc(N)cc3)o2)C[C@@H](C)O1. The van der Waals surface area contributed by atoms with E-state index < -0.39 is 0 Å². The molecule has 2 atom stereocenters. The standard InChI is InChI=1S/C17H20N2O3/c1-11-9-19(10-12(2)21-11)17(20)16-8-7-15(22-16)13-3-5-14(18)6-4-13/h3-8,11-12H,9-10,18H2,1-2H3/t11-,12-/m1/s1. The van der Waals surface area contributed by atoms with Crippen LogP contribution in [-0.4, -0.2) is 36.1 Å². The first-order valence-electron chi connectivity index (χ1n) is 7.43. The Morgan fingerprint density at radius 2 is 1.73 bits per heavy atom. The third kappa shape index (κ3) is 2.99. The number of benzene rings is 1. The number of hydrogen-bond donors (Lipinski definition) is 1. The Balaban J connectivity index is 1.78. The van der Waals surface area contributed by atoms with E-state index in [-0.39, 0.29) is 18.1 Å². The van der Waals surface area contributed by atoms with E-state index in [4.69, 9.17) is 14.9 Å². The molecule has 2 aromatic rings. The highest BCUT2D eigenvalue weighted by Gasteiger charge is 2.28. The van der Waals surface area contributed by atoms with Crippen molar-refractivity contribution in [3.05, 3.63) is 42.2 Å². The Morgan fingerprint density at radius 3 is 2.36 bits per heavy atom. The predicted octanol–water partition coefficient (Wildman–Crippen LogP) is 2.78. The zero-order valence-electron chi connectivity index (χ0n) is 12.8. The van der Waals surface area contributed by atoms with Crippen molar-refractivity contribution in [1.82, 2.24) is 4.90 Å². The van der Waals surface area contributed by atoms with Gasteiger partial charge >= 0.3 is 0 Å². The summed E-state index contributed by atoms with van der Waals surface area (Å²) in [6.07, 6.45) is 0.0819. The van der Waals surface area contributed by atoms with E-state index in [1.54, 1.807) is 11.0 Å². The van der Waals surface area contributed by atoms with Crippen molar-refractivity contribution in [3.8, 4) is 11.3 Å². The Kier molecular flexibility index (Phi) is 3.90. The zero-order valence-corrected chi connectivity index (χ0v) is 12.8. The third-order valence-corrected chi connectivity index (χ3v) is 3.72. The molecule has 3 rings (SSSR count). The van der Waals surface area contributed by atoms with Gasteiger partial charge in [0.1, 0.15) is 5.76 Å². The van der Waals surface area contributed by atoms with Gasteiger partial charge in [-0.05, 0) is 50.2 Å². The summed E-state index contributed by atoms with van der Waals surface area (Å²) in [6, 6.07) is 10.9. The van der Waals surface area contributed by atoms with Crippen molar-refractivity contribution in [2.24, 2.45) is 0 Å². The number of nitrogens with two attached hydrogens (primary N) is 1. The van der Waals surface area contributed by atoms with Crippen molar-refractivity contribution < 1.29 is 13.9 Å². The number of amides is 1. The molecule has 0 bridgehead atoms. The number of anilines is 1. The number of morpholine rings is 1. The summed E-state index contributed by atoms with van der Waals surface area (Å²) in [5, 5.41) is 0. The van der Waals surface area contributed by atoms with E-state index in [0.29, 0.717) is 30.3 Å². The molecule has 0 spiro atoms. The summed E-state index contributed by atoms with van der Waals surface area (Å²) in [7, 11) is 0. The van der Waals surface area contributed by atoms with Gasteiger partial charge in [-0.2, -0.15) is 0 Å². The number of rotatable bonds is 2. The first kappa shape index (κ1) is 14.7. The summed E-state index contributed by atoms with van der Waals surface area (Å²) < 4.78 is 11.4. The summed E-state index contributed by atoms with van der Waals surface area (Å²) >= 11 is 0. The Labute approximate surface area is 129 Å². The summed E-state index contributed by atoms with van der Waals surface area (Å²) in [4.78, 5) is 14.3. The molecule has 0 aliphatic carbocycles. The summed E-state index contributed by atoms with van der Waals surface area (Å²) in [6.45, 7) is 5.11. The largest absolute Gasteiger partial charge is 0.451 e. The van der Waals surface area contributed by atoms with E-state index in [1.807, 2.05) is 44.2 Å². The molecule has 5 heteroatoms. The van der Waals surface area contributed by atoms with E-state index in [0.717, 1.165) is 5.56 Å². The number of nitrogen functional groups attached to an aromatic ring is 1. The molecule has 1 aromatic heterocycles. The molecule has 1 fully saturated rings. The second-order valence-electron chi connectivity index (χ2n) is 5.75. The minimum atomic E-state index is -0.0938. The van der Waals surface area contributed by atoms with Crippen LogP contribution in [0.3, 0.4) is 0 Å². The fraction of sp³-hybridized carbons (Fsp3) is 0.353. The van der Waals surface area contributed by atoms with Gasteiger partial charge in [-0.15, -0.1) is 0 Å². The molecule has 2 N–H and O–H groups in total. The van der Waals surface area contributed by atoms with Gasteiger partial charge in [0.25, 0.3) is 5.91 Å². The maximum atomic E-state index is 12.5. The molecule has 1 aliphatic rings. The normalized spacial score (nSPS) is 21.8. The molecule has 1 saturated heterocycles. The molecule has 5 nitrogen and oxygen atoms in total. The van der Waals surface area contributed by atoms with Crippen molar-refractivity contribution in [3.63, 3.8) is 0 Å². The van der Waals surface area contributed by atoms with Crippen LogP contribution >= 0.6 is 0 Å². The first-order chi connectivity index (χ1) is 10.5. The van der Waals surface area contributed by atoms with Gasteiger partial charge in [-0.3, -0.25) is 4.79 Å². The molecule has 0 radical (unpaired) electrons. The lowest BCUT2D eigenvalue weighted by Gasteiger charge is -2.34. The number of carbonyl (C=O) groups is 1. The van der Waals surface area contributed by atoms with Crippen LogP contribution in [0.25, 0.3) is 11.3 Å². The molecule has 0 saturated carbocycles. The second kappa shape index (κ2) is 5.85. The summed E-state index contributed by atoms with van der Waals surface area (Å²) in [5.41, 5.74) is 7.28. The fourth-order valence-electron chi connectivity index (χ4n) is 2.75. The lowest BCUT2D eigenvalue weighted by molar-refractivity contribution is -0.0592. The Morgan fingerprint density at radius 1 is 1.09 bits per heavy atom. The van der Waals surface area contributed by atoms with Gasteiger partial charge in [0.15, 0.2) is 5.76 Å². The molecule has 2 heterocycles. The molecule has 1 amide bonds. The van der Waals surface area contributed by atoms with Gasteiger partial charge in [-0.25, -0.2) is 0 Å². The highest BCUT2D eigenvalue weighted by Crippen LogP contribution is 2.24. The monoisotopic (exact) mass is 300 g/mol. The molecule has 1 aromatic carbocycles. The summed E-state index contributed by atoms with van der Waals surface area (Å²) in [5.74, 6) is 0.925. The van der Waals surface area contributed by atoms with Crippen molar-refractivity contribution in [2.45, 2.75) is 26.1 Å². The highest BCUT2D eigenvalue weighted by atomic mass is 16.5. The quantitative estimate of drug-likeness (QED) is 0.866. The van der Waals surface area contributed by atoms with Gasteiger partial charge < -0.3 is 19.8 Å². The lowest BCUT2D eigenvalue weighted by atomic mass is 10.1. The van der Waals surface area contributed by atoms with Crippen LogP contribution in [0.5, 0.6) is 0 Å². The van der Waals surface area contributed by atoms with E-state index in [9.17, 15) is 4.79 Å². The van der Waals surface area contributed by atoms with E-state index in [1.165, 1.54) is 0 Å². The van der Waals surface area contributed by atoms with Crippen molar-refractivity contribution >= 4 is 11.6 Å². The predicted molar refractivity (Wildman–Crippen MR) is 84.5 cm³/mol. The molecule has 1 aliphatic heterocycles. The second-order valence-corrected chi connectivity index (χ2v) is 5.75. The molecule has 116 valence electrons. The average Bonchev–Trinajstić information content (AvgIpc) is 2.96. The maximum Gasteiger partial charge on any atom is 0.289 e. The molecular weight excluding hydrogens is 280 g/mol. The Hall–Kier alpha value is -2.27. The van der Waals surface area contributed by atoms with Gasteiger partial charge in [0.05, 0.1) is 12.2 Å². The number of carbonyl (C=O) groups excluding carboxylic acids is 1. The molecule has 22 heavy (non-hydrogen) atoms. The zero-order chi connectivity index (χ0) is 15.7. The van der Waals surface area contributed by atoms with Crippen LogP contribution in [0.1, 0.15) is 24.4 Å². The van der Waals surface area contributed by atoms with Crippen molar-refractivity contribution in [2.75, 3.05) is 18.8 Å². The topological polar surface area (TPSA) is 68.7 Å². The van der Waals surface area contributed by atoms with Crippen LogP contribution in [0.4, 0.5) is 5.69 Å². The Bertz CT molecular complexity index is 653. The van der Waals surface area contributed by atoms with Crippen molar-refractivity contribution in [1.29, 1.82) is 0 Å². The van der Waals surface area contributed by atoms with Crippen LogP contribution < -0.4 is 5.73 Å². The fourth-order valence-corrected chi connectivity index (χ4v) is 2.75. The first-order valence-corrected chi connectivity index (χ1v) is 7.43. The molecule has 0 unspecified atom stereocenters. The minimum Gasteiger partial charge on any atom is -0.451 e. The van der Waals surface area contributed by atoms with Crippen LogP contribution in [0.15, 0.2) is 40.8 Å². The van der Waals surface area contributed by atoms with Crippen LogP contribution in [0.2, 0.25) is 0 Å². The lowest BCUT2D eigenvalue weighted by Crippen LogP contribution is -2.48. The van der Waals surface area contributed by atoms with E-state index >= 15 is 0 Å². The van der Waals surface area contributed by atoms with Gasteiger partial charge in [-0.1, -0.05) is 0 Å². The maximum absolute atomic E-state index is 12.5. The van der Waals surface area contributed by atoms with Gasteiger partial charge in [0, 0.05) is 24.3 Å².